The van der Waals surface area contributed by atoms with Gasteiger partial charge >= 0.3 is 0 Å². The lowest BCUT2D eigenvalue weighted by molar-refractivity contribution is -0.107. The molecule has 0 bridgehead atoms. The molecule has 11 heavy (non-hydrogen) atoms. The summed E-state index contributed by atoms with van der Waals surface area (Å²) in [6.45, 7) is 6.37. The van der Waals surface area contributed by atoms with Crippen LogP contribution in [-0.2, 0) is 14.4 Å². The lowest BCUT2D eigenvalue weighted by Crippen LogP contribution is -1.55. The van der Waals surface area contributed by atoms with Gasteiger partial charge in [0.2, 0.25) is 0 Å². The van der Waals surface area contributed by atoms with Crippen LogP contribution < -0.4 is 0 Å². The molecule has 0 N–H and O–H groups in total. The van der Waals surface area contributed by atoms with Gasteiger partial charge in [-0.25, -0.2) is 0 Å². The Bertz CT molecular complexity index is 91.5. The molecule has 0 aliphatic heterocycles. The largest absolute Gasteiger partial charge is 0.304 e. The van der Waals surface area contributed by atoms with E-state index in [0.717, 1.165) is 12.6 Å². The van der Waals surface area contributed by atoms with Crippen LogP contribution in [0.1, 0.15) is 20.3 Å². The van der Waals surface area contributed by atoms with Crippen LogP contribution in [0.2, 0.25) is 0 Å². The quantitative estimate of drug-likeness (QED) is 0.447. The first-order valence-electron chi connectivity index (χ1n) is 3.14. The Balaban J connectivity index is -0.0000000886. The monoisotopic (exact) mass is 158 g/mol. The lowest BCUT2D eigenvalue weighted by Gasteiger charge is -1.51. The number of carbonyl (C=O) groups excluding carboxylic acids is 3. The molecule has 0 unspecified atom stereocenters. The van der Waals surface area contributed by atoms with Crippen LogP contribution in [0.3, 0.4) is 0 Å². The average molecular weight is 158 g/mol. The standard InChI is InChI=1S/C3H6O.C3H4O.C2H4O/c2*1-2-3-4;1-2-3/h3H,2H2,1H3;2-3H,1H2;2H,1H3. The molecule has 0 aliphatic carbocycles. The molecule has 0 radical (unpaired) electrons. The molecular weight excluding hydrogens is 144 g/mol. The maximum Gasteiger partial charge on any atom is 0.142 e. The Morgan fingerprint density at radius 2 is 1.45 bits per heavy atom. The zero-order chi connectivity index (χ0) is 9.54. The summed E-state index contributed by atoms with van der Waals surface area (Å²) in [6, 6.07) is 0. The Morgan fingerprint density at radius 3 is 1.45 bits per heavy atom. The van der Waals surface area contributed by atoms with Gasteiger partial charge in [0.25, 0.3) is 0 Å². The van der Waals surface area contributed by atoms with E-state index in [1.165, 1.54) is 13.0 Å². The first-order chi connectivity index (χ1) is 5.24. The first kappa shape index (κ1) is 16.4. The molecular formula is C8H14O3. The summed E-state index contributed by atoms with van der Waals surface area (Å²) in [5, 5.41) is 0. The van der Waals surface area contributed by atoms with Gasteiger partial charge in [0.05, 0.1) is 0 Å². The molecule has 0 aromatic rings. The number of hydrogen-bond donors (Lipinski definition) is 0. The second kappa shape index (κ2) is 37.4. The third-order valence-corrected chi connectivity index (χ3v) is 0.263. The number of aldehydes is 3. The minimum atomic E-state index is 0.639. The molecule has 0 atom stereocenters. The van der Waals surface area contributed by atoms with Crippen LogP contribution >= 0.6 is 0 Å². The number of rotatable bonds is 2. The molecule has 0 aromatic heterocycles. The Kier molecular flexibility index (Phi) is 55.7. The summed E-state index contributed by atoms with van der Waals surface area (Å²) in [6.07, 6.45) is 4.10. The van der Waals surface area contributed by atoms with Gasteiger partial charge in [-0.3, -0.25) is 4.79 Å². The van der Waals surface area contributed by atoms with Crippen molar-refractivity contribution in [2.75, 3.05) is 0 Å². The third-order valence-electron chi connectivity index (χ3n) is 0.263. The molecule has 0 rings (SSSR count). The highest BCUT2D eigenvalue weighted by molar-refractivity contribution is 5.63. The zero-order valence-electron chi connectivity index (χ0n) is 6.95. The van der Waals surface area contributed by atoms with Crippen molar-refractivity contribution in [3.05, 3.63) is 12.7 Å². The van der Waals surface area contributed by atoms with E-state index in [9.17, 15) is 4.79 Å². The fourth-order valence-electron chi connectivity index (χ4n) is 0. The van der Waals surface area contributed by atoms with E-state index >= 15 is 0 Å². The van der Waals surface area contributed by atoms with Crippen molar-refractivity contribution in [3.8, 4) is 0 Å². The fourth-order valence-corrected chi connectivity index (χ4v) is 0. The summed E-state index contributed by atoms with van der Waals surface area (Å²) < 4.78 is 0. The fraction of sp³-hybridized carbons (Fsp3) is 0.375. The van der Waals surface area contributed by atoms with Crippen molar-refractivity contribution in [3.63, 3.8) is 0 Å². The molecule has 0 aliphatic rings. The SMILES string of the molecule is C=CC=O.CC=O.CCC=O. The zero-order valence-corrected chi connectivity index (χ0v) is 6.95. The van der Waals surface area contributed by atoms with Crippen LogP contribution in [0, 0.1) is 0 Å². The Hall–Kier alpha value is -1.25. The molecule has 3 nitrogen and oxygen atoms in total. The van der Waals surface area contributed by atoms with E-state index in [1.807, 2.05) is 6.92 Å². The van der Waals surface area contributed by atoms with Gasteiger partial charge in [-0.2, -0.15) is 0 Å². The van der Waals surface area contributed by atoms with Crippen LogP contribution in [0.5, 0.6) is 0 Å². The van der Waals surface area contributed by atoms with Crippen LogP contribution in [0.4, 0.5) is 0 Å². The predicted molar refractivity (Wildman–Crippen MR) is 44.4 cm³/mol. The maximum absolute atomic E-state index is 9.17. The van der Waals surface area contributed by atoms with E-state index < -0.39 is 0 Å². The molecule has 64 valence electrons. The number of hydrogen-bond acceptors (Lipinski definition) is 3. The molecule has 0 spiro atoms. The minimum Gasteiger partial charge on any atom is -0.304 e. The highest BCUT2D eigenvalue weighted by Gasteiger charge is 1.52. The van der Waals surface area contributed by atoms with E-state index in [1.54, 1.807) is 0 Å². The van der Waals surface area contributed by atoms with Crippen molar-refractivity contribution in [1.29, 1.82) is 0 Å². The van der Waals surface area contributed by atoms with Gasteiger partial charge < -0.3 is 9.59 Å². The van der Waals surface area contributed by atoms with Gasteiger partial charge in [0.15, 0.2) is 0 Å². The second-order valence-corrected chi connectivity index (χ2v) is 1.18. The predicted octanol–water partition coefficient (Wildman–Crippen LogP) is 1.17. The molecule has 0 fully saturated rings. The van der Waals surface area contributed by atoms with E-state index in [4.69, 9.17) is 9.59 Å². The smallest absolute Gasteiger partial charge is 0.142 e. The van der Waals surface area contributed by atoms with E-state index in [0.29, 0.717) is 12.7 Å². The summed E-state index contributed by atoms with van der Waals surface area (Å²) in [5.74, 6) is 0. The molecule has 0 amide bonds. The highest BCUT2D eigenvalue weighted by atomic mass is 16.1. The summed E-state index contributed by atoms with van der Waals surface area (Å²) in [5.41, 5.74) is 0. The molecule has 0 saturated carbocycles. The lowest BCUT2D eigenvalue weighted by atomic mass is 10.6. The summed E-state index contributed by atoms with van der Waals surface area (Å²) in [4.78, 5) is 27.0. The van der Waals surface area contributed by atoms with Gasteiger partial charge in [0.1, 0.15) is 18.9 Å². The normalized spacial score (nSPS) is 5.27. The van der Waals surface area contributed by atoms with Crippen molar-refractivity contribution in [2.24, 2.45) is 0 Å². The van der Waals surface area contributed by atoms with Gasteiger partial charge in [-0.1, -0.05) is 13.5 Å². The molecule has 3 heteroatoms. The second-order valence-electron chi connectivity index (χ2n) is 1.18. The summed E-state index contributed by atoms with van der Waals surface area (Å²) >= 11 is 0. The highest BCUT2D eigenvalue weighted by Crippen LogP contribution is 1.53. The maximum atomic E-state index is 9.17. The first-order valence-corrected chi connectivity index (χ1v) is 3.14. The summed E-state index contributed by atoms with van der Waals surface area (Å²) in [7, 11) is 0. The molecule has 0 aromatic carbocycles. The van der Waals surface area contributed by atoms with Gasteiger partial charge in [-0.15, -0.1) is 0 Å². The van der Waals surface area contributed by atoms with E-state index in [-0.39, 0.29) is 0 Å². The molecule has 0 heterocycles. The Labute approximate surface area is 67.1 Å². The van der Waals surface area contributed by atoms with Crippen molar-refractivity contribution >= 4 is 18.9 Å². The van der Waals surface area contributed by atoms with Crippen molar-refractivity contribution in [2.45, 2.75) is 20.3 Å². The van der Waals surface area contributed by atoms with Gasteiger partial charge in [-0.05, 0) is 13.0 Å². The average Bonchev–Trinajstić information content (AvgIpc) is 2.06. The van der Waals surface area contributed by atoms with Crippen molar-refractivity contribution in [1.82, 2.24) is 0 Å². The number of carbonyl (C=O) groups is 3. The van der Waals surface area contributed by atoms with Crippen LogP contribution in [-0.4, -0.2) is 18.9 Å². The van der Waals surface area contributed by atoms with Crippen LogP contribution in [0.25, 0.3) is 0 Å². The topological polar surface area (TPSA) is 51.2 Å². The minimum absolute atomic E-state index is 0.639. The van der Waals surface area contributed by atoms with Gasteiger partial charge in [0, 0.05) is 6.42 Å². The number of allylic oxidation sites excluding steroid dienone is 1. The van der Waals surface area contributed by atoms with Crippen LogP contribution in [0.15, 0.2) is 12.7 Å². The Morgan fingerprint density at radius 1 is 1.27 bits per heavy atom. The van der Waals surface area contributed by atoms with Crippen molar-refractivity contribution < 1.29 is 14.4 Å². The van der Waals surface area contributed by atoms with E-state index in [2.05, 4.69) is 6.58 Å². The molecule has 0 saturated heterocycles. The third kappa shape index (κ3) is 709.